The van der Waals surface area contributed by atoms with Crippen LogP contribution in [0.3, 0.4) is 0 Å². The van der Waals surface area contributed by atoms with Crippen molar-refractivity contribution in [1.82, 2.24) is 5.32 Å². The Labute approximate surface area is 197 Å². The summed E-state index contributed by atoms with van der Waals surface area (Å²) >= 11 is 6.71. The Balaban J connectivity index is 1.29. The topological polar surface area (TPSA) is 38.3 Å². The van der Waals surface area contributed by atoms with Gasteiger partial charge in [-0.15, -0.1) is 0 Å². The fourth-order valence-electron chi connectivity index (χ4n) is 3.82. The first kappa shape index (κ1) is 21.8. The number of hydrogen-bond donors (Lipinski definition) is 1. The van der Waals surface area contributed by atoms with Gasteiger partial charge in [0.05, 0.1) is 0 Å². The Bertz CT molecular complexity index is 1080. The van der Waals surface area contributed by atoms with Gasteiger partial charge in [-0.2, -0.15) is 0 Å². The van der Waals surface area contributed by atoms with Gasteiger partial charge >= 0.3 is 6.09 Å². The van der Waals surface area contributed by atoms with E-state index < -0.39 is 6.09 Å². The van der Waals surface area contributed by atoms with Gasteiger partial charge in [-0.3, -0.25) is 0 Å². The summed E-state index contributed by atoms with van der Waals surface area (Å²) in [5, 5.41) is 2.78. The molecule has 0 radical (unpaired) electrons. The van der Waals surface area contributed by atoms with E-state index in [1.165, 1.54) is 34.4 Å². The first-order chi connectivity index (χ1) is 15.0. The molecule has 31 heavy (non-hydrogen) atoms. The molecule has 1 aliphatic rings. The van der Waals surface area contributed by atoms with Gasteiger partial charge in [0.1, 0.15) is 12.4 Å². The lowest BCUT2D eigenvalue weighted by atomic mass is 9.98. The van der Waals surface area contributed by atoms with Gasteiger partial charge in [0.2, 0.25) is 0 Å². The maximum atomic E-state index is 13.3. The molecule has 3 aromatic rings. The summed E-state index contributed by atoms with van der Waals surface area (Å²) in [6, 6.07) is 19.3. The number of hydrogen-bond acceptors (Lipinski definition) is 2. The lowest BCUT2D eigenvalue weighted by Crippen LogP contribution is -2.26. The van der Waals surface area contributed by atoms with Crippen LogP contribution in [0, 0.1) is 5.82 Å². The highest BCUT2D eigenvalue weighted by atomic mass is 79.9. The molecule has 4 rings (SSSR count). The predicted octanol–water partition coefficient (Wildman–Crippen LogP) is 7.29. The third-order valence-corrected chi connectivity index (χ3v) is 6.56. The molecule has 3 aromatic carbocycles. The normalized spacial score (nSPS) is 12.6. The smallest absolute Gasteiger partial charge is 0.407 e. The largest absolute Gasteiger partial charge is 0.449 e. The molecule has 0 atom stereocenters. The SMILES string of the molecule is O=C(NCCC=Cc1c(Br)cc(F)cc1Br)OCC1c2ccccc2-c2ccccc21. The molecule has 0 saturated heterocycles. The summed E-state index contributed by atoms with van der Waals surface area (Å²) in [5.41, 5.74) is 5.64. The first-order valence-electron chi connectivity index (χ1n) is 9.94. The molecule has 0 bridgehead atoms. The molecule has 0 spiro atoms. The van der Waals surface area contributed by atoms with Crippen molar-refractivity contribution >= 4 is 44.0 Å². The summed E-state index contributed by atoms with van der Waals surface area (Å²) < 4.78 is 20.2. The standard InChI is InChI=1S/C25H20Br2FNO2/c26-23-13-16(28)14-24(27)21(23)11-5-6-12-29-25(30)31-15-22-19-9-3-1-7-17(19)18-8-2-4-10-20(18)22/h1-5,7-11,13-14,22H,6,12,15H2,(H,29,30). The molecule has 3 nitrogen and oxygen atoms in total. The zero-order chi connectivity index (χ0) is 21.8. The van der Waals surface area contributed by atoms with E-state index in [4.69, 9.17) is 4.74 Å². The second-order valence-corrected chi connectivity index (χ2v) is 8.94. The fourth-order valence-corrected chi connectivity index (χ4v) is 5.22. The Morgan fingerprint density at radius 1 is 1.00 bits per heavy atom. The molecular weight excluding hydrogens is 525 g/mol. The average Bonchev–Trinajstić information content (AvgIpc) is 3.07. The van der Waals surface area contributed by atoms with Crippen LogP contribution in [-0.4, -0.2) is 19.2 Å². The van der Waals surface area contributed by atoms with E-state index in [1.807, 2.05) is 36.4 Å². The van der Waals surface area contributed by atoms with Crippen molar-refractivity contribution in [3.63, 3.8) is 0 Å². The third kappa shape index (κ3) is 4.91. The molecule has 0 saturated carbocycles. The molecule has 158 valence electrons. The summed E-state index contributed by atoms with van der Waals surface area (Å²) in [6.45, 7) is 0.745. The lowest BCUT2D eigenvalue weighted by molar-refractivity contribution is 0.143. The van der Waals surface area contributed by atoms with Gasteiger partial charge < -0.3 is 10.1 Å². The van der Waals surface area contributed by atoms with Crippen LogP contribution in [0.15, 0.2) is 75.7 Å². The van der Waals surface area contributed by atoms with Gasteiger partial charge in [0, 0.05) is 27.0 Å². The summed E-state index contributed by atoms with van der Waals surface area (Å²) in [5.74, 6) is -0.265. The zero-order valence-corrected chi connectivity index (χ0v) is 19.7. The van der Waals surface area contributed by atoms with E-state index in [-0.39, 0.29) is 11.7 Å². The minimum Gasteiger partial charge on any atom is -0.449 e. The highest BCUT2D eigenvalue weighted by Gasteiger charge is 2.28. The summed E-state index contributed by atoms with van der Waals surface area (Å²) in [7, 11) is 0. The van der Waals surface area contributed by atoms with Crippen LogP contribution < -0.4 is 5.32 Å². The monoisotopic (exact) mass is 543 g/mol. The van der Waals surface area contributed by atoms with E-state index >= 15 is 0 Å². The highest BCUT2D eigenvalue weighted by Crippen LogP contribution is 2.44. The number of ether oxygens (including phenoxy) is 1. The predicted molar refractivity (Wildman–Crippen MR) is 129 cm³/mol. The molecule has 1 N–H and O–H groups in total. The van der Waals surface area contributed by atoms with Crippen molar-refractivity contribution in [3.8, 4) is 11.1 Å². The number of carbonyl (C=O) groups is 1. The minimum absolute atomic E-state index is 0.0474. The Morgan fingerprint density at radius 2 is 1.58 bits per heavy atom. The van der Waals surface area contributed by atoms with E-state index in [1.54, 1.807) is 0 Å². The molecule has 6 heteroatoms. The Hall–Kier alpha value is -2.44. The summed E-state index contributed by atoms with van der Waals surface area (Å²) in [6.07, 6.45) is 4.00. The molecule has 0 unspecified atom stereocenters. The second-order valence-electron chi connectivity index (χ2n) is 7.23. The van der Waals surface area contributed by atoms with Crippen molar-refractivity contribution in [2.45, 2.75) is 12.3 Å². The molecule has 1 amide bonds. The number of alkyl carbamates (subject to hydrolysis) is 1. The van der Waals surface area contributed by atoms with E-state index in [0.29, 0.717) is 28.5 Å². The van der Waals surface area contributed by atoms with Gasteiger partial charge in [0.15, 0.2) is 0 Å². The maximum absolute atomic E-state index is 13.3. The van der Waals surface area contributed by atoms with Crippen LogP contribution in [0.1, 0.15) is 29.0 Å². The lowest BCUT2D eigenvalue weighted by Gasteiger charge is -2.14. The number of benzene rings is 3. The van der Waals surface area contributed by atoms with Crippen molar-refractivity contribution in [2.75, 3.05) is 13.2 Å². The van der Waals surface area contributed by atoms with Crippen LogP contribution in [0.4, 0.5) is 9.18 Å². The van der Waals surface area contributed by atoms with Gasteiger partial charge in [-0.05, 0) is 40.8 Å². The quantitative estimate of drug-likeness (QED) is 0.331. The molecule has 1 aliphatic carbocycles. The van der Waals surface area contributed by atoms with E-state index in [9.17, 15) is 9.18 Å². The van der Waals surface area contributed by atoms with Crippen LogP contribution in [0.5, 0.6) is 0 Å². The molecule has 0 aliphatic heterocycles. The van der Waals surface area contributed by atoms with Crippen molar-refractivity contribution in [3.05, 3.63) is 98.2 Å². The fraction of sp³-hybridized carbons (Fsp3) is 0.160. The number of halogens is 3. The van der Waals surface area contributed by atoms with Crippen LogP contribution >= 0.6 is 31.9 Å². The van der Waals surface area contributed by atoms with Crippen molar-refractivity contribution in [2.24, 2.45) is 0 Å². The Morgan fingerprint density at radius 3 is 2.19 bits per heavy atom. The number of nitrogens with one attached hydrogen (secondary N) is 1. The third-order valence-electron chi connectivity index (χ3n) is 5.25. The first-order valence-corrected chi connectivity index (χ1v) is 11.5. The molecular formula is C25H20Br2FNO2. The minimum atomic E-state index is -0.431. The maximum Gasteiger partial charge on any atom is 0.407 e. The number of fused-ring (bicyclic) bond motifs is 3. The van der Waals surface area contributed by atoms with Crippen molar-refractivity contribution < 1.29 is 13.9 Å². The second kappa shape index (κ2) is 9.79. The van der Waals surface area contributed by atoms with Crippen LogP contribution in [0.2, 0.25) is 0 Å². The zero-order valence-electron chi connectivity index (χ0n) is 16.6. The van der Waals surface area contributed by atoms with Crippen molar-refractivity contribution in [1.29, 1.82) is 0 Å². The van der Waals surface area contributed by atoms with Crippen LogP contribution in [-0.2, 0) is 4.74 Å². The van der Waals surface area contributed by atoms with Gasteiger partial charge in [-0.25, -0.2) is 9.18 Å². The average molecular weight is 545 g/mol. The number of amides is 1. The van der Waals surface area contributed by atoms with Gasteiger partial charge in [-0.1, -0.05) is 92.5 Å². The van der Waals surface area contributed by atoms with Crippen LogP contribution in [0.25, 0.3) is 17.2 Å². The highest BCUT2D eigenvalue weighted by molar-refractivity contribution is 9.11. The Kier molecular flexibility index (Phi) is 6.88. The number of carbonyl (C=O) groups excluding carboxylic acids is 1. The van der Waals surface area contributed by atoms with E-state index in [0.717, 1.165) is 5.56 Å². The van der Waals surface area contributed by atoms with E-state index in [2.05, 4.69) is 61.4 Å². The molecule has 0 fully saturated rings. The number of rotatable bonds is 6. The summed E-state index contributed by atoms with van der Waals surface area (Å²) in [4.78, 5) is 12.2. The molecule has 0 heterocycles. The molecule has 0 aromatic heterocycles. The van der Waals surface area contributed by atoms with Gasteiger partial charge in [0.25, 0.3) is 0 Å².